The van der Waals surface area contributed by atoms with Crippen LogP contribution >= 0.6 is 27.3 Å². The van der Waals surface area contributed by atoms with E-state index < -0.39 is 5.91 Å². The second kappa shape index (κ2) is 10.1. The summed E-state index contributed by atoms with van der Waals surface area (Å²) in [4.78, 5) is 26.8. The average molecular weight is 487 g/mol. The Kier molecular flexibility index (Phi) is 7.76. The van der Waals surface area contributed by atoms with Gasteiger partial charge in [0, 0.05) is 24.1 Å². The Morgan fingerprint density at radius 2 is 2.03 bits per heavy atom. The number of ether oxygens (including phenoxy) is 1. The highest BCUT2D eigenvalue weighted by Gasteiger charge is 2.23. The third kappa shape index (κ3) is 5.07. The molecule has 0 aliphatic heterocycles. The van der Waals surface area contributed by atoms with Crippen molar-refractivity contribution in [3.8, 4) is 17.9 Å². The zero-order valence-electron chi connectivity index (χ0n) is 16.9. The Morgan fingerprint density at radius 1 is 1.33 bits per heavy atom. The van der Waals surface area contributed by atoms with Crippen LogP contribution in [0.25, 0.3) is 6.08 Å². The van der Waals surface area contributed by atoms with Crippen molar-refractivity contribution in [2.75, 3.05) is 26.0 Å². The molecule has 0 unspecified atom stereocenters. The van der Waals surface area contributed by atoms with Crippen LogP contribution in [0, 0.1) is 29.6 Å². The van der Waals surface area contributed by atoms with Crippen molar-refractivity contribution in [1.82, 2.24) is 4.90 Å². The Labute approximate surface area is 187 Å². The van der Waals surface area contributed by atoms with Crippen LogP contribution in [0.1, 0.15) is 33.3 Å². The molecule has 0 bridgehead atoms. The SMILES string of the molecule is CCOc1ccc(Br)cc1C=C(C#N)C(=O)Nc1sc(C(=O)N(C)C)c(C)c1C#N. The topological polar surface area (TPSA) is 106 Å². The Hall–Kier alpha value is -3.14. The molecule has 0 saturated heterocycles. The molecule has 154 valence electrons. The van der Waals surface area contributed by atoms with E-state index in [1.165, 1.54) is 11.0 Å². The number of hydrogen-bond donors (Lipinski definition) is 1. The number of anilines is 1. The highest BCUT2D eigenvalue weighted by Crippen LogP contribution is 2.33. The number of carbonyl (C=O) groups is 2. The van der Waals surface area contributed by atoms with Crippen LogP contribution in [-0.2, 0) is 4.79 Å². The normalized spacial score (nSPS) is 10.7. The fraction of sp³-hybridized carbons (Fsp3) is 0.238. The zero-order chi connectivity index (χ0) is 22.4. The van der Waals surface area contributed by atoms with Crippen LogP contribution in [0.4, 0.5) is 5.00 Å². The van der Waals surface area contributed by atoms with Gasteiger partial charge in [-0.25, -0.2) is 0 Å². The van der Waals surface area contributed by atoms with Gasteiger partial charge < -0.3 is 15.0 Å². The molecule has 2 aromatic rings. The van der Waals surface area contributed by atoms with Gasteiger partial charge in [-0.05, 0) is 43.7 Å². The van der Waals surface area contributed by atoms with E-state index in [-0.39, 0.29) is 22.0 Å². The lowest BCUT2D eigenvalue weighted by molar-refractivity contribution is -0.112. The number of nitrogens with zero attached hydrogens (tertiary/aromatic N) is 3. The fourth-order valence-corrected chi connectivity index (χ4v) is 4.09. The summed E-state index contributed by atoms with van der Waals surface area (Å²) in [6.07, 6.45) is 1.42. The molecule has 2 rings (SSSR count). The van der Waals surface area contributed by atoms with Crippen LogP contribution in [0.5, 0.6) is 5.75 Å². The van der Waals surface area contributed by atoms with Crippen molar-refractivity contribution in [1.29, 1.82) is 10.5 Å². The van der Waals surface area contributed by atoms with Gasteiger partial charge in [-0.15, -0.1) is 11.3 Å². The third-order valence-electron chi connectivity index (χ3n) is 4.02. The monoisotopic (exact) mass is 486 g/mol. The lowest BCUT2D eigenvalue weighted by atomic mass is 10.1. The Balaban J connectivity index is 2.42. The third-order valence-corrected chi connectivity index (χ3v) is 5.71. The summed E-state index contributed by atoms with van der Waals surface area (Å²) < 4.78 is 6.32. The van der Waals surface area contributed by atoms with Crippen LogP contribution < -0.4 is 10.1 Å². The largest absolute Gasteiger partial charge is 0.493 e. The van der Waals surface area contributed by atoms with Crippen LogP contribution in [0.15, 0.2) is 28.2 Å². The summed E-state index contributed by atoms with van der Waals surface area (Å²) in [7, 11) is 3.21. The van der Waals surface area contributed by atoms with E-state index in [1.54, 1.807) is 39.2 Å². The summed E-state index contributed by atoms with van der Waals surface area (Å²) in [5.74, 6) is -0.410. The molecule has 2 amide bonds. The highest BCUT2D eigenvalue weighted by molar-refractivity contribution is 9.10. The standard InChI is InChI=1S/C21H19BrN4O3S/c1-5-29-17-7-6-15(22)9-13(17)8-14(10-23)19(27)25-20-16(11-24)12(2)18(30-20)21(28)26(3)4/h6-9H,5H2,1-4H3,(H,25,27). The molecule has 7 nitrogen and oxygen atoms in total. The lowest BCUT2D eigenvalue weighted by Gasteiger charge is -2.09. The number of halogens is 1. The first kappa shape index (κ1) is 23.1. The number of benzene rings is 1. The predicted molar refractivity (Wildman–Crippen MR) is 119 cm³/mol. The molecule has 0 aliphatic carbocycles. The Morgan fingerprint density at radius 3 is 2.60 bits per heavy atom. The summed E-state index contributed by atoms with van der Waals surface area (Å²) in [5.41, 5.74) is 1.09. The van der Waals surface area contributed by atoms with E-state index in [0.717, 1.165) is 15.8 Å². The minimum absolute atomic E-state index is 0.163. The Bertz CT molecular complexity index is 1110. The number of rotatable bonds is 6. The van der Waals surface area contributed by atoms with Gasteiger partial charge in [0.2, 0.25) is 0 Å². The number of thiophene rings is 1. The van der Waals surface area contributed by atoms with Gasteiger partial charge in [-0.2, -0.15) is 10.5 Å². The number of nitriles is 2. The van der Waals surface area contributed by atoms with Gasteiger partial charge in [0.05, 0.1) is 17.0 Å². The first-order chi connectivity index (χ1) is 14.2. The quantitative estimate of drug-likeness (QED) is 0.482. The van der Waals surface area contributed by atoms with E-state index in [4.69, 9.17) is 4.74 Å². The van der Waals surface area contributed by atoms with Gasteiger partial charge >= 0.3 is 0 Å². The van der Waals surface area contributed by atoms with Gasteiger partial charge in [0.25, 0.3) is 11.8 Å². The maximum Gasteiger partial charge on any atom is 0.266 e. The van der Waals surface area contributed by atoms with E-state index in [2.05, 4.69) is 21.2 Å². The molecule has 0 fully saturated rings. The van der Waals surface area contributed by atoms with E-state index in [1.807, 2.05) is 19.1 Å². The van der Waals surface area contributed by atoms with Crippen molar-refractivity contribution in [3.05, 3.63) is 49.8 Å². The minimum Gasteiger partial charge on any atom is -0.493 e. The van der Waals surface area contributed by atoms with Gasteiger partial charge in [-0.1, -0.05) is 15.9 Å². The summed E-state index contributed by atoms with van der Waals surface area (Å²) in [6, 6.07) is 9.17. The summed E-state index contributed by atoms with van der Waals surface area (Å²) in [6.45, 7) is 3.92. The maximum atomic E-state index is 12.7. The molecule has 0 saturated carbocycles. The van der Waals surface area contributed by atoms with Crippen LogP contribution in [0.2, 0.25) is 0 Å². The molecular weight excluding hydrogens is 468 g/mol. The van der Waals surface area contributed by atoms with Crippen LogP contribution in [0.3, 0.4) is 0 Å². The van der Waals surface area contributed by atoms with Gasteiger partial charge in [0.15, 0.2) is 0 Å². The predicted octanol–water partition coefficient (Wildman–Crippen LogP) is 4.34. The van der Waals surface area contributed by atoms with Gasteiger partial charge in [-0.3, -0.25) is 9.59 Å². The zero-order valence-corrected chi connectivity index (χ0v) is 19.3. The van der Waals surface area contributed by atoms with Crippen molar-refractivity contribution in [2.45, 2.75) is 13.8 Å². The van der Waals surface area contributed by atoms with E-state index >= 15 is 0 Å². The number of hydrogen-bond acceptors (Lipinski definition) is 6. The molecule has 0 atom stereocenters. The molecular formula is C21H19BrN4O3S. The average Bonchev–Trinajstić information content (AvgIpc) is 3.02. The van der Waals surface area contributed by atoms with Crippen molar-refractivity contribution in [2.24, 2.45) is 0 Å². The summed E-state index contributed by atoms with van der Waals surface area (Å²) >= 11 is 4.38. The first-order valence-electron chi connectivity index (χ1n) is 8.84. The minimum atomic E-state index is -0.679. The summed E-state index contributed by atoms with van der Waals surface area (Å²) in [5, 5.41) is 21.8. The van der Waals surface area contributed by atoms with Gasteiger partial charge in [0.1, 0.15) is 28.5 Å². The second-order valence-corrected chi connectivity index (χ2v) is 8.25. The lowest BCUT2D eigenvalue weighted by Crippen LogP contribution is -2.21. The molecule has 0 aliphatic rings. The highest BCUT2D eigenvalue weighted by atomic mass is 79.9. The molecule has 0 spiro atoms. The van der Waals surface area contributed by atoms with E-state index in [9.17, 15) is 20.1 Å². The molecule has 1 heterocycles. The van der Waals surface area contributed by atoms with E-state index in [0.29, 0.717) is 28.4 Å². The fourth-order valence-electron chi connectivity index (χ4n) is 2.54. The molecule has 30 heavy (non-hydrogen) atoms. The number of carbonyl (C=O) groups excluding carboxylic acids is 2. The smallest absolute Gasteiger partial charge is 0.266 e. The van der Waals surface area contributed by atoms with Crippen LogP contribution in [-0.4, -0.2) is 37.4 Å². The molecule has 9 heteroatoms. The number of nitrogens with one attached hydrogen (secondary N) is 1. The number of amides is 2. The van der Waals surface area contributed by atoms with Crippen molar-refractivity contribution in [3.63, 3.8) is 0 Å². The van der Waals surface area contributed by atoms with Crippen molar-refractivity contribution >= 4 is 50.2 Å². The maximum absolute atomic E-state index is 12.7. The second-order valence-electron chi connectivity index (χ2n) is 6.31. The van der Waals surface area contributed by atoms with Crippen molar-refractivity contribution < 1.29 is 14.3 Å². The molecule has 1 aromatic heterocycles. The molecule has 1 N–H and O–H groups in total. The molecule has 0 radical (unpaired) electrons. The molecule has 1 aromatic carbocycles. The first-order valence-corrected chi connectivity index (χ1v) is 10.4.